The van der Waals surface area contributed by atoms with E-state index in [0.717, 1.165) is 11.3 Å². The van der Waals surface area contributed by atoms with Crippen molar-refractivity contribution in [3.8, 4) is 6.07 Å². The first kappa shape index (κ1) is 13.3. The fourth-order valence-corrected chi connectivity index (χ4v) is 1.45. The highest BCUT2D eigenvalue weighted by Crippen LogP contribution is 2.14. The topological polar surface area (TPSA) is 83.8 Å². The van der Waals surface area contributed by atoms with Crippen molar-refractivity contribution in [2.75, 3.05) is 0 Å². The minimum atomic E-state index is -0.755. The molecule has 1 amide bonds. The number of aromatic nitrogens is 1. The summed E-state index contributed by atoms with van der Waals surface area (Å²) in [5, 5.41) is 12.0. The molecule has 0 aliphatic carbocycles. The Morgan fingerprint density at radius 3 is 2.65 bits per heavy atom. The minimum absolute atomic E-state index is 0.397. The third-order valence-electron chi connectivity index (χ3n) is 3.09. The first-order valence-corrected chi connectivity index (χ1v) is 5.40. The number of nitrogens with zero attached hydrogens (tertiary/aromatic N) is 2. The summed E-state index contributed by atoms with van der Waals surface area (Å²) in [6, 6.07) is 3.94. The van der Waals surface area contributed by atoms with Crippen LogP contribution in [-0.2, 0) is 18.4 Å². The Labute approximate surface area is 101 Å². The van der Waals surface area contributed by atoms with Gasteiger partial charge in [0.1, 0.15) is 11.8 Å². The van der Waals surface area contributed by atoms with E-state index in [-0.39, 0.29) is 0 Å². The van der Waals surface area contributed by atoms with Crippen molar-refractivity contribution in [1.82, 2.24) is 9.88 Å². The molecule has 0 atom stereocenters. The lowest BCUT2D eigenvalue weighted by molar-refractivity contribution is -0.123. The van der Waals surface area contributed by atoms with Gasteiger partial charge in [-0.05, 0) is 32.4 Å². The van der Waals surface area contributed by atoms with Crippen LogP contribution >= 0.6 is 0 Å². The van der Waals surface area contributed by atoms with Gasteiger partial charge in [-0.3, -0.25) is 10.1 Å². The molecule has 0 aromatic carbocycles. The summed E-state index contributed by atoms with van der Waals surface area (Å²) in [6.07, 6.45) is 0. The zero-order valence-corrected chi connectivity index (χ0v) is 10.7. The van der Waals surface area contributed by atoms with Crippen LogP contribution in [0.4, 0.5) is 0 Å². The highest BCUT2D eigenvalue weighted by molar-refractivity contribution is 5.83. The van der Waals surface area contributed by atoms with Gasteiger partial charge in [0.15, 0.2) is 0 Å². The number of hydrogen-bond donors (Lipinski definition) is 2. The Kier molecular flexibility index (Phi) is 3.59. The highest BCUT2D eigenvalue weighted by Gasteiger charge is 2.24. The van der Waals surface area contributed by atoms with Gasteiger partial charge in [-0.1, -0.05) is 0 Å². The van der Waals surface area contributed by atoms with Crippen molar-refractivity contribution in [1.29, 1.82) is 5.26 Å². The van der Waals surface area contributed by atoms with Gasteiger partial charge in [-0.2, -0.15) is 5.26 Å². The quantitative estimate of drug-likeness (QED) is 0.798. The summed E-state index contributed by atoms with van der Waals surface area (Å²) in [5.74, 6) is -0.397. The van der Waals surface area contributed by atoms with E-state index < -0.39 is 11.4 Å². The Balaban J connectivity index is 2.85. The number of carbonyl (C=O) groups excluding carboxylic acids is 1. The molecule has 0 fully saturated rings. The number of amides is 1. The normalized spacial score (nSPS) is 11.2. The lowest BCUT2D eigenvalue weighted by atomic mass is 10.0. The van der Waals surface area contributed by atoms with Gasteiger partial charge in [-0.25, -0.2) is 0 Å². The summed E-state index contributed by atoms with van der Waals surface area (Å²) in [7, 11) is 1.84. The lowest BCUT2D eigenvalue weighted by Gasteiger charge is -2.22. The fourth-order valence-electron chi connectivity index (χ4n) is 1.45. The fraction of sp³-hybridized carbons (Fsp3) is 0.500. The average molecular weight is 234 g/mol. The number of rotatable bonds is 4. The van der Waals surface area contributed by atoms with Crippen molar-refractivity contribution in [2.45, 2.75) is 32.9 Å². The van der Waals surface area contributed by atoms with Crippen LogP contribution in [0.25, 0.3) is 0 Å². The Morgan fingerprint density at radius 2 is 2.24 bits per heavy atom. The first-order chi connectivity index (χ1) is 7.79. The van der Waals surface area contributed by atoms with Gasteiger partial charge in [0.2, 0.25) is 5.91 Å². The van der Waals surface area contributed by atoms with Crippen LogP contribution in [0.15, 0.2) is 6.07 Å². The van der Waals surface area contributed by atoms with Gasteiger partial charge >= 0.3 is 0 Å². The van der Waals surface area contributed by atoms with Gasteiger partial charge in [0.25, 0.3) is 0 Å². The van der Waals surface area contributed by atoms with Gasteiger partial charge in [0.05, 0.1) is 5.54 Å². The predicted octanol–water partition coefficient (Wildman–Crippen LogP) is 0.559. The highest BCUT2D eigenvalue weighted by atomic mass is 16.1. The molecule has 0 unspecified atom stereocenters. The molecule has 0 aliphatic rings. The molecule has 1 heterocycles. The Morgan fingerprint density at radius 1 is 1.65 bits per heavy atom. The molecule has 0 aliphatic heterocycles. The molecule has 0 spiro atoms. The van der Waals surface area contributed by atoms with Crippen LogP contribution in [-0.4, -0.2) is 16.0 Å². The number of nitrogens with one attached hydrogen (secondary N) is 1. The molecule has 1 aromatic heterocycles. The maximum atomic E-state index is 11.2. The summed E-state index contributed by atoms with van der Waals surface area (Å²) in [4.78, 5) is 11.2. The number of nitriles is 1. The van der Waals surface area contributed by atoms with E-state index in [0.29, 0.717) is 12.2 Å². The van der Waals surface area contributed by atoms with Crippen LogP contribution in [0, 0.1) is 18.3 Å². The number of carbonyl (C=O) groups is 1. The number of nitrogens with two attached hydrogens (primary N) is 1. The van der Waals surface area contributed by atoms with Crippen LogP contribution in [0.5, 0.6) is 0 Å². The second-order valence-electron chi connectivity index (χ2n) is 4.65. The molecule has 17 heavy (non-hydrogen) atoms. The van der Waals surface area contributed by atoms with Crippen LogP contribution in [0.1, 0.15) is 30.8 Å². The largest absolute Gasteiger partial charge is 0.368 e. The van der Waals surface area contributed by atoms with Crippen LogP contribution in [0.2, 0.25) is 0 Å². The van der Waals surface area contributed by atoms with Crippen LogP contribution in [0.3, 0.4) is 0 Å². The molecule has 1 aromatic rings. The van der Waals surface area contributed by atoms with Crippen LogP contribution < -0.4 is 11.1 Å². The molecular weight excluding hydrogens is 216 g/mol. The second kappa shape index (κ2) is 4.60. The zero-order valence-electron chi connectivity index (χ0n) is 10.7. The lowest BCUT2D eigenvalue weighted by Crippen LogP contribution is -2.50. The maximum absolute atomic E-state index is 11.2. The third kappa shape index (κ3) is 2.66. The molecule has 5 heteroatoms. The monoisotopic (exact) mass is 234 g/mol. The molecular formula is C12H18N4O. The van der Waals surface area contributed by atoms with Gasteiger partial charge < -0.3 is 10.3 Å². The van der Waals surface area contributed by atoms with Crippen molar-refractivity contribution >= 4 is 5.91 Å². The summed E-state index contributed by atoms with van der Waals surface area (Å²) in [5.41, 5.74) is 7.13. The van der Waals surface area contributed by atoms with E-state index in [2.05, 4.69) is 11.4 Å². The van der Waals surface area contributed by atoms with Crippen molar-refractivity contribution in [3.05, 3.63) is 23.0 Å². The molecule has 3 N–H and O–H groups in total. The Bertz CT molecular complexity index is 479. The van der Waals surface area contributed by atoms with Crippen molar-refractivity contribution in [3.63, 3.8) is 0 Å². The molecule has 0 saturated heterocycles. The number of hydrogen-bond acceptors (Lipinski definition) is 3. The average Bonchev–Trinajstić information content (AvgIpc) is 2.53. The predicted molar refractivity (Wildman–Crippen MR) is 65.0 cm³/mol. The van der Waals surface area contributed by atoms with Gasteiger partial charge in [-0.15, -0.1) is 0 Å². The standard InChI is InChI=1S/C12H18N4O/c1-8-9(5-10(6-13)16(8)4)7-15-12(2,3)11(14)17/h5,15H,7H2,1-4H3,(H2,14,17). The summed E-state index contributed by atoms with van der Waals surface area (Å²) >= 11 is 0. The SMILES string of the molecule is Cc1c(CNC(C)(C)C(N)=O)cc(C#N)n1C. The second-order valence-corrected chi connectivity index (χ2v) is 4.65. The molecule has 0 saturated carbocycles. The van der Waals surface area contributed by atoms with E-state index in [4.69, 9.17) is 11.0 Å². The van der Waals surface area contributed by atoms with Crippen molar-refractivity contribution in [2.24, 2.45) is 12.8 Å². The molecule has 5 nitrogen and oxygen atoms in total. The molecule has 0 bridgehead atoms. The smallest absolute Gasteiger partial charge is 0.237 e. The summed E-state index contributed by atoms with van der Waals surface area (Å²) < 4.78 is 1.83. The maximum Gasteiger partial charge on any atom is 0.237 e. The first-order valence-electron chi connectivity index (χ1n) is 5.40. The number of primary amides is 1. The van der Waals surface area contributed by atoms with E-state index in [9.17, 15) is 4.79 Å². The molecule has 0 radical (unpaired) electrons. The van der Waals surface area contributed by atoms with E-state index in [1.54, 1.807) is 13.8 Å². The zero-order chi connectivity index (χ0) is 13.2. The van der Waals surface area contributed by atoms with E-state index in [1.807, 2.05) is 24.6 Å². The molecule has 1 rings (SSSR count). The third-order valence-corrected chi connectivity index (χ3v) is 3.09. The molecule has 92 valence electrons. The van der Waals surface area contributed by atoms with E-state index in [1.165, 1.54) is 0 Å². The minimum Gasteiger partial charge on any atom is -0.368 e. The Hall–Kier alpha value is -1.80. The summed E-state index contributed by atoms with van der Waals surface area (Å²) in [6.45, 7) is 5.92. The van der Waals surface area contributed by atoms with Crippen molar-refractivity contribution < 1.29 is 4.79 Å². The van der Waals surface area contributed by atoms with E-state index >= 15 is 0 Å². The van der Waals surface area contributed by atoms with Gasteiger partial charge in [0, 0.05) is 19.3 Å².